The molecule has 1 aromatic carbocycles. The minimum Gasteiger partial charge on any atom is -0.272 e. The summed E-state index contributed by atoms with van der Waals surface area (Å²) in [5.74, 6) is 0.837. The molecule has 3 aromatic rings. The molecule has 0 radical (unpaired) electrons. The largest absolute Gasteiger partial charge is 0.272 e. The van der Waals surface area contributed by atoms with Gasteiger partial charge >= 0.3 is 0 Å². The second-order valence-corrected chi connectivity index (χ2v) is 5.85. The summed E-state index contributed by atoms with van der Waals surface area (Å²) < 4.78 is 2.05. The molecule has 1 aliphatic rings. The van der Waals surface area contributed by atoms with Crippen LogP contribution in [0.3, 0.4) is 0 Å². The van der Waals surface area contributed by atoms with E-state index in [0.29, 0.717) is 5.15 Å². The van der Waals surface area contributed by atoms with Crippen LogP contribution in [0.25, 0.3) is 21.9 Å². The average molecular weight is 284 g/mol. The van der Waals surface area contributed by atoms with Crippen molar-refractivity contribution in [3.63, 3.8) is 0 Å². The van der Waals surface area contributed by atoms with Crippen molar-refractivity contribution in [3.05, 3.63) is 48.0 Å². The molecule has 4 rings (SSSR count). The van der Waals surface area contributed by atoms with Crippen LogP contribution in [0.1, 0.15) is 12.8 Å². The van der Waals surface area contributed by atoms with Crippen molar-refractivity contribution < 1.29 is 0 Å². The first kappa shape index (κ1) is 11.9. The van der Waals surface area contributed by atoms with Crippen molar-refractivity contribution in [2.75, 3.05) is 0 Å². The van der Waals surface area contributed by atoms with Gasteiger partial charge in [0.15, 0.2) is 0 Å². The zero-order valence-electron chi connectivity index (χ0n) is 11.0. The third-order valence-corrected chi connectivity index (χ3v) is 4.00. The predicted octanol–water partition coefficient (Wildman–Crippen LogP) is 4.16. The van der Waals surface area contributed by atoms with Crippen molar-refractivity contribution >= 4 is 22.4 Å². The SMILES string of the molecule is Clc1cc2cc(-c3cnn(CC4CC4)c3)ccc2cn1. The Balaban J connectivity index is 1.71. The van der Waals surface area contributed by atoms with Crippen LogP contribution in [0.5, 0.6) is 0 Å². The molecule has 100 valence electrons. The number of benzene rings is 1. The third-order valence-electron chi connectivity index (χ3n) is 3.80. The maximum absolute atomic E-state index is 5.96. The lowest BCUT2D eigenvalue weighted by molar-refractivity contribution is 0.563. The smallest absolute Gasteiger partial charge is 0.129 e. The van der Waals surface area contributed by atoms with E-state index < -0.39 is 0 Å². The minimum absolute atomic E-state index is 0.527. The van der Waals surface area contributed by atoms with E-state index >= 15 is 0 Å². The lowest BCUT2D eigenvalue weighted by Crippen LogP contribution is -1.98. The number of hydrogen-bond donors (Lipinski definition) is 0. The van der Waals surface area contributed by atoms with Crippen molar-refractivity contribution in [2.24, 2.45) is 5.92 Å². The number of rotatable bonds is 3. The molecular weight excluding hydrogens is 270 g/mol. The first-order chi connectivity index (χ1) is 9.78. The molecule has 0 aliphatic heterocycles. The van der Waals surface area contributed by atoms with Crippen LogP contribution in [-0.2, 0) is 6.54 Å². The zero-order chi connectivity index (χ0) is 13.5. The predicted molar refractivity (Wildman–Crippen MR) is 80.7 cm³/mol. The molecule has 0 atom stereocenters. The Bertz CT molecular complexity index is 774. The molecule has 4 heteroatoms. The van der Waals surface area contributed by atoms with Crippen LogP contribution in [0.15, 0.2) is 42.9 Å². The van der Waals surface area contributed by atoms with Gasteiger partial charge in [-0.25, -0.2) is 4.98 Å². The second kappa shape index (κ2) is 4.60. The molecule has 2 aromatic heterocycles. The molecule has 1 aliphatic carbocycles. The molecule has 0 saturated heterocycles. The summed E-state index contributed by atoms with van der Waals surface area (Å²) in [6, 6.07) is 8.22. The van der Waals surface area contributed by atoms with E-state index in [1.165, 1.54) is 18.4 Å². The van der Waals surface area contributed by atoms with Crippen molar-refractivity contribution in [1.29, 1.82) is 0 Å². The Morgan fingerprint density at radius 1 is 1.10 bits per heavy atom. The number of hydrogen-bond acceptors (Lipinski definition) is 2. The molecule has 3 nitrogen and oxygen atoms in total. The van der Waals surface area contributed by atoms with E-state index in [4.69, 9.17) is 11.6 Å². The van der Waals surface area contributed by atoms with E-state index in [2.05, 4.69) is 39.2 Å². The quantitative estimate of drug-likeness (QED) is 0.676. The lowest BCUT2D eigenvalue weighted by Gasteiger charge is -2.02. The lowest BCUT2D eigenvalue weighted by atomic mass is 10.1. The van der Waals surface area contributed by atoms with Crippen LogP contribution in [-0.4, -0.2) is 14.8 Å². The van der Waals surface area contributed by atoms with E-state index in [-0.39, 0.29) is 0 Å². The van der Waals surface area contributed by atoms with Crippen molar-refractivity contribution in [1.82, 2.24) is 14.8 Å². The van der Waals surface area contributed by atoms with E-state index in [1.807, 2.05) is 12.3 Å². The summed E-state index contributed by atoms with van der Waals surface area (Å²) in [7, 11) is 0. The fourth-order valence-electron chi connectivity index (χ4n) is 2.47. The Morgan fingerprint density at radius 2 is 2.00 bits per heavy atom. The van der Waals surface area contributed by atoms with Gasteiger partial charge in [-0.3, -0.25) is 4.68 Å². The summed E-state index contributed by atoms with van der Waals surface area (Å²) >= 11 is 5.96. The molecule has 0 N–H and O–H groups in total. The summed E-state index contributed by atoms with van der Waals surface area (Å²) in [5, 5.41) is 7.18. The maximum Gasteiger partial charge on any atom is 0.129 e. The zero-order valence-corrected chi connectivity index (χ0v) is 11.7. The van der Waals surface area contributed by atoms with Crippen molar-refractivity contribution in [3.8, 4) is 11.1 Å². The molecule has 0 unspecified atom stereocenters. The van der Waals surface area contributed by atoms with Crippen molar-refractivity contribution in [2.45, 2.75) is 19.4 Å². The molecule has 0 bridgehead atoms. The first-order valence-electron chi connectivity index (χ1n) is 6.86. The standard InChI is InChI=1S/C16H14ClN3/c17-16-6-14-5-12(3-4-13(14)7-18-16)15-8-19-20(10-15)9-11-1-2-11/h3-8,10-11H,1-2,9H2. The summed E-state index contributed by atoms with van der Waals surface area (Å²) in [5.41, 5.74) is 2.32. The first-order valence-corrected chi connectivity index (χ1v) is 7.24. The van der Waals surface area contributed by atoms with E-state index in [9.17, 15) is 0 Å². The Kier molecular flexibility index (Phi) is 2.74. The number of nitrogens with zero attached hydrogens (tertiary/aromatic N) is 3. The molecule has 1 fully saturated rings. The molecule has 20 heavy (non-hydrogen) atoms. The van der Waals surface area contributed by atoms with Crippen LogP contribution < -0.4 is 0 Å². The van der Waals surface area contributed by atoms with Gasteiger partial charge in [0.1, 0.15) is 5.15 Å². The van der Waals surface area contributed by atoms with Gasteiger partial charge in [0, 0.05) is 29.9 Å². The van der Waals surface area contributed by atoms with Crippen LogP contribution in [0, 0.1) is 5.92 Å². The van der Waals surface area contributed by atoms with Crippen LogP contribution >= 0.6 is 11.6 Å². The van der Waals surface area contributed by atoms with Gasteiger partial charge in [-0.15, -0.1) is 0 Å². The van der Waals surface area contributed by atoms with Gasteiger partial charge in [0.25, 0.3) is 0 Å². The topological polar surface area (TPSA) is 30.7 Å². The van der Waals surface area contributed by atoms with E-state index in [1.54, 1.807) is 6.20 Å². The van der Waals surface area contributed by atoms with Gasteiger partial charge in [-0.05, 0) is 41.8 Å². The van der Waals surface area contributed by atoms with Gasteiger partial charge in [-0.2, -0.15) is 5.10 Å². The Morgan fingerprint density at radius 3 is 2.85 bits per heavy atom. The molecule has 1 saturated carbocycles. The van der Waals surface area contributed by atoms with Crippen LogP contribution in [0.2, 0.25) is 5.15 Å². The number of aromatic nitrogens is 3. The summed E-state index contributed by atoms with van der Waals surface area (Å²) in [6.45, 7) is 1.04. The highest BCUT2D eigenvalue weighted by molar-refractivity contribution is 6.30. The normalized spacial score (nSPS) is 14.8. The molecule has 2 heterocycles. The van der Waals surface area contributed by atoms with Gasteiger partial charge in [0.2, 0.25) is 0 Å². The summed E-state index contributed by atoms with van der Waals surface area (Å²) in [4.78, 5) is 4.10. The molecular formula is C16H14ClN3. The fourth-order valence-corrected chi connectivity index (χ4v) is 2.64. The molecule has 0 amide bonds. The number of fused-ring (bicyclic) bond motifs is 1. The number of halogens is 1. The Labute approximate surface area is 122 Å². The minimum atomic E-state index is 0.527. The maximum atomic E-state index is 5.96. The number of pyridine rings is 1. The molecule has 0 spiro atoms. The van der Waals surface area contributed by atoms with Gasteiger partial charge < -0.3 is 0 Å². The van der Waals surface area contributed by atoms with Gasteiger partial charge in [0.05, 0.1) is 6.20 Å². The van der Waals surface area contributed by atoms with Gasteiger partial charge in [-0.1, -0.05) is 23.7 Å². The summed E-state index contributed by atoms with van der Waals surface area (Å²) in [6.07, 6.45) is 8.56. The fraction of sp³-hybridized carbons (Fsp3) is 0.250. The highest BCUT2D eigenvalue weighted by atomic mass is 35.5. The Hall–Kier alpha value is -1.87. The van der Waals surface area contributed by atoms with E-state index in [0.717, 1.165) is 28.8 Å². The van der Waals surface area contributed by atoms with Crippen LogP contribution in [0.4, 0.5) is 0 Å². The second-order valence-electron chi connectivity index (χ2n) is 5.46. The highest BCUT2D eigenvalue weighted by Crippen LogP contribution is 2.31. The highest BCUT2D eigenvalue weighted by Gasteiger charge is 2.22. The monoisotopic (exact) mass is 283 g/mol. The average Bonchev–Trinajstić information content (AvgIpc) is 3.13. The third kappa shape index (κ3) is 2.29.